The molecule has 2 aromatic carbocycles. The summed E-state index contributed by atoms with van der Waals surface area (Å²) >= 11 is 1.23. The molecular weight excluding hydrogens is 416 g/mol. The molecule has 1 aliphatic carbocycles. The molecule has 164 valence electrons. The number of alkyl carbamates (subject to hydrolysis) is 1. The Morgan fingerprint density at radius 3 is 2.55 bits per heavy atom. The lowest BCUT2D eigenvalue weighted by Crippen LogP contribution is -2.53. The van der Waals surface area contributed by atoms with Gasteiger partial charge in [-0.3, -0.25) is 4.79 Å². The molecule has 0 bridgehead atoms. The molecule has 0 saturated heterocycles. The van der Waals surface area contributed by atoms with E-state index in [0.29, 0.717) is 0 Å². The fourth-order valence-electron chi connectivity index (χ4n) is 3.60. The lowest BCUT2D eigenvalue weighted by atomic mass is 10.0. The Hall–Kier alpha value is -3.00. The zero-order chi connectivity index (χ0) is 22.6. The molecule has 0 fully saturated rings. The van der Waals surface area contributed by atoms with Crippen molar-refractivity contribution in [3.8, 4) is 11.1 Å². The van der Waals surface area contributed by atoms with Gasteiger partial charge in [-0.1, -0.05) is 42.5 Å². The molecule has 1 atom stereocenters. The summed E-state index contributed by atoms with van der Waals surface area (Å²) in [7, 11) is 0. The molecular formula is C23H26N2O5S. The molecule has 2 aromatic rings. The van der Waals surface area contributed by atoms with Gasteiger partial charge in [-0.05, 0) is 48.1 Å². The minimum atomic E-state index is -1.19. The SMILES string of the molecule is CC(=O)NCSC(C)(C)[C@H](NC(=O)OCc1cccc2c1Cc1ccccc1-2)C(=O)O. The van der Waals surface area contributed by atoms with Crippen LogP contribution in [0.3, 0.4) is 0 Å². The smallest absolute Gasteiger partial charge is 0.408 e. The molecule has 0 unspecified atom stereocenters. The predicted molar refractivity (Wildman–Crippen MR) is 120 cm³/mol. The standard InChI is InChI=1S/C23H26N2O5S/c1-14(26)24-13-31-23(2,3)20(21(27)28)25-22(29)30-12-16-8-6-10-18-17-9-5-4-7-15(17)11-19(16)18/h4-10,20H,11-13H2,1-3H3,(H,24,26)(H,25,29)(H,27,28)/t20-/m1/s1. The van der Waals surface area contributed by atoms with Gasteiger partial charge in [0, 0.05) is 11.7 Å². The monoisotopic (exact) mass is 442 g/mol. The largest absolute Gasteiger partial charge is 0.480 e. The van der Waals surface area contributed by atoms with E-state index in [1.807, 2.05) is 24.3 Å². The zero-order valence-electron chi connectivity index (χ0n) is 17.7. The minimum Gasteiger partial charge on any atom is -0.480 e. The fourth-order valence-corrected chi connectivity index (χ4v) is 4.58. The van der Waals surface area contributed by atoms with Gasteiger partial charge in [0.15, 0.2) is 0 Å². The first-order chi connectivity index (χ1) is 14.7. The van der Waals surface area contributed by atoms with Crippen LogP contribution in [-0.2, 0) is 27.4 Å². The Bertz CT molecular complexity index is 1010. The zero-order valence-corrected chi connectivity index (χ0v) is 18.5. The van der Waals surface area contributed by atoms with Crippen LogP contribution in [0.4, 0.5) is 4.79 Å². The second-order valence-electron chi connectivity index (χ2n) is 7.89. The highest BCUT2D eigenvalue weighted by Gasteiger charge is 2.37. The lowest BCUT2D eigenvalue weighted by molar-refractivity contribution is -0.140. The first-order valence-corrected chi connectivity index (χ1v) is 10.9. The van der Waals surface area contributed by atoms with Gasteiger partial charge >= 0.3 is 12.1 Å². The second kappa shape index (κ2) is 9.43. The number of thioether (sulfide) groups is 1. The van der Waals surface area contributed by atoms with E-state index in [1.54, 1.807) is 13.8 Å². The van der Waals surface area contributed by atoms with Gasteiger partial charge in [0.1, 0.15) is 12.6 Å². The van der Waals surface area contributed by atoms with Crippen LogP contribution < -0.4 is 10.6 Å². The lowest BCUT2D eigenvalue weighted by Gasteiger charge is -2.31. The highest BCUT2D eigenvalue weighted by atomic mass is 32.2. The maximum Gasteiger partial charge on any atom is 0.408 e. The van der Waals surface area contributed by atoms with Crippen molar-refractivity contribution in [3.05, 3.63) is 59.2 Å². The fraction of sp³-hybridized carbons (Fsp3) is 0.348. The van der Waals surface area contributed by atoms with E-state index in [-0.39, 0.29) is 18.4 Å². The minimum absolute atomic E-state index is 0.0504. The number of carboxylic acid groups (broad SMARTS) is 1. The number of carbonyl (C=O) groups excluding carboxylic acids is 2. The van der Waals surface area contributed by atoms with Gasteiger partial charge in [-0.2, -0.15) is 0 Å². The Balaban J connectivity index is 1.63. The molecule has 3 N–H and O–H groups in total. The third-order valence-electron chi connectivity index (χ3n) is 5.28. The maximum atomic E-state index is 12.4. The van der Waals surface area contributed by atoms with Gasteiger partial charge < -0.3 is 20.5 Å². The summed E-state index contributed by atoms with van der Waals surface area (Å²) in [6, 6.07) is 12.9. The van der Waals surface area contributed by atoms with E-state index in [9.17, 15) is 19.5 Å². The summed E-state index contributed by atoms with van der Waals surface area (Å²) in [6.07, 6.45) is -0.0225. The van der Waals surface area contributed by atoms with E-state index >= 15 is 0 Å². The number of hydrogen-bond acceptors (Lipinski definition) is 5. The molecule has 3 rings (SSSR count). The van der Waals surface area contributed by atoms with Crippen LogP contribution in [0.5, 0.6) is 0 Å². The molecule has 0 heterocycles. The Kier molecular flexibility index (Phi) is 6.90. The van der Waals surface area contributed by atoms with Crippen molar-refractivity contribution >= 4 is 29.7 Å². The van der Waals surface area contributed by atoms with Crippen molar-refractivity contribution in [3.63, 3.8) is 0 Å². The van der Waals surface area contributed by atoms with Crippen LogP contribution in [-0.4, -0.2) is 39.7 Å². The van der Waals surface area contributed by atoms with Crippen LogP contribution in [0.2, 0.25) is 0 Å². The number of hydrogen-bond donors (Lipinski definition) is 3. The highest BCUT2D eigenvalue weighted by molar-refractivity contribution is 8.00. The van der Waals surface area contributed by atoms with E-state index in [0.717, 1.165) is 23.1 Å². The van der Waals surface area contributed by atoms with Crippen molar-refractivity contribution in [1.82, 2.24) is 10.6 Å². The van der Waals surface area contributed by atoms with Crippen LogP contribution in [0, 0.1) is 0 Å². The number of rotatable bonds is 8. The van der Waals surface area contributed by atoms with Crippen molar-refractivity contribution in [2.75, 3.05) is 5.88 Å². The molecule has 7 nitrogen and oxygen atoms in total. The summed E-state index contributed by atoms with van der Waals surface area (Å²) in [5, 5.41) is 14.7. The van der Waals surface area contributed by atoms with Crippen LogP contribution in [0.15, 0.2) is 42.5 Å². The van der Waals surface area contributed by atoms with Crippen LogP contribution in [0.1, 0.15) is 37.5 Å². The average Bonchev–Trinajstić information content (AvgIpc) is 3.09. The number of amides is 2. The van der Waals surface area contributed by atoms with Gasteiger partial charge in [0.2, 0.25) is 5.91 Å². The molecule has 2 amide bonds. The molecule has 8 heteroatoms. The Labute approximate surface area is 185 Å². The first-order valence-electron chi connectivity index (χ1n) is 9.92. The van der Waals surface area contributed by atoms with Crippen molar-refractivity contribution in [1.29, 1.82) is 0 Å². The predicted octanol–water partition coefficient (Wildman–Crippen LogP) is 3.54. The molecule has 0 radical (unpaired) electrons. The molecule has 31 heavy (non-hydrogen) atoms. The van der Waals surface area contributed by atoms with Crippen molar-refractivity contribution < 1.29 is 24.2 Å². The maximum absolute atomic E-state index is 12.4. The number of fused-ring (bicyclic) bond motifs is 3. The Morgan fingerprint density at radius 2 is 1.84 bits per heavy atom. The number of carboxylic acids is 1. The van der Waals surface area contributed by atoms with Gasteiger partial charge in [0.25, 0.3) is 0 Å². The molecule has 1 aliphatic rings. The summed E-state index contributed by atoms with van der Waals surface area (Å²) in [5.74, 6) is -1.15. The van der Waals surface area contributed by atoms with E-state index in [4.69, 9.17) is 4.74 Å². The Morgan fingerprint density at radius 1 is 1.13 bits per heavy atom. The number of nitrogens with one attached hydrogen (secondary N) is 2. The summed E-state index contributed by atoms with van der Waals surface area (Å²) < 4.78 is 4.51. The van der Waals surface area contributed by atoms with Crippen LogP contribution >= 0.6 is 11.8 Å². The number of aliphatic carboxylic acids is 1. The normalized spacial score (nSPS) is 13.0. The van der Waals surface area contributed by atoms with Gasteiger partial charge in [-0.25, -0.2) is 9.59 Å². The molecule has 0 saturated carbocycles. The van der Waals surface area contributed by atoms with Crippen LogP contribution in [0.25, 0.3) is 11.1 Å². The van der Waals surface area contributed by atoms with Gasteiger partial charge in [0.05, 0.1) is 5.88 Å². The summed E-state index contributed by atoms with van der Waals surface area (Å²) in [5.41, 5.74) is 5.58. The van der Waals surface area contributed by atoms with E-state index in [2.05, 4.69) is 28.8 Å². The quantitative estimate of drug-likeness (QED) is 0.461. The number of carbonyl (C=O) groups is 3. The number of benzene rings is 2. The van der Waals surface area contributed by atoms with Gasteiger partial charge in [-0.15, -0.1) is 11.8 Å². The summed E-state index contributed by atoms with van der Waals surface area (Å²) in [4.78, 5) is 35.2. The van der Waals surface area contributed by atoms with E-state index < -0.39 is 22.9 Å². The molecule has 0 spiro atoms. The molecule has 0 aromatic heterocycles. The van der Waals surface area contributed by atoms with Crippen molar-refractivity contribution in [2.24, 2.45) is 0 Å². The highest BCUT2D eigenvalue weighted by Crippen LogP contribution is 2.38. The van der Waals surface area contributed by atoms with E-state index in [1.165, 1.54) is 29.8 Å². The third kappa shape index (κ3) is 5.38. The van der Waals surface area contributed by atoms with Crippen molar-refractivity contribution in [2.45, 2.75) is 44.6 Å². The topological polar surface area (TPSA) is 105 Å². The summed E-state index contributed by atoms with van der Waals surface area (Å²) in [6.45, 7) is 4.82. The second-order valence-corrected chi connectivity index (χ2v) is 9.52. The average molecular weight is 443 g/mol. The third-order valence-corrected chi connectivity index (χ3v) is 6.54. The molecule has 0 aliphatic heterocycles. The number of ether oxygens (including phenoxy) is 1. The first kappa shape index (κ1) is 22.7.